The molecule has 1 aromatic heterocycles. The van der Waals surface area contributed by atoms with Crippen LogP contribution < -0.4 is 0 Å². The zero-order valence-electron chi connectivity index (χ0n) is 13.3. The zero-order chi connectivity index (χ0) is 16.1. The maximum atomic E-state index is 12.2. The number of aromatic nitrogens is 2. The van der Waals surface area contributed by atoms with Crippen molar-refractivity contribution in [1.29, 1.82) is 0 Å². The quantitative estimate of drug-likeness (QED) is 0.847. The molecule has 0 N–H and O–H groups in total. The summed E-state index contributed by atoms with van der Waals surface area (Å²) in [5.41, 5.74) is 0.931. The van der Waals surface area contributed by atoms with E-state index in [1.807, 2.05) is 42.2 Å². The van der Waals surface area contributed by atoms with Crippen molar-refractivity contribution in [2.24, 2.45) is 0 Å². The molecule has 2 heterocycles. The number of carbonyl (C=O) groups is 1. The fourth-order valence-electron chi connectivity index (χ4n) is 2.69. The van der Waals surface area contributed by atoms with E-state index in [4.69, 9.17) is 9.26 Å². The largest absolute Gasteiger partial charge is 0.377 e. The van der Waals surface area contributed by atoms with E-state index in [0.717, 1.165) is 5.56 Å². The number of morpholine rings is 1. The van der Waals surface area contributed by atoms with Gasteiger partial charge in [-0.05, 0) is 13.3 Å². The standard InChI is InChI=1S/C17H21N3O3/c1-13-12-22-11-10-20(13)16(21)9-5-8-15-18-17(19-23-15)14-6-3-2-4-7-14/h2-4,6-7,13H,5,8-12H2,1H3/t13-/m1/s1. The van der Waals surface area contributed by atoms with Crippen molar-refractivity contribution in [3.05, 3.63) is 36.2 Å². The molecular weight excluding hydrogens is 294 g/mol. The number of nitrogens with zero attached hydrogens (tertiary/aromatic N) is 3. The zero-order valence-corrected chi connectivity index (χ0v) is 13.3. The summed E-state index contributed by atoms with van der Waals surface area (Å²) in [7, 11) is 0. The number of hydrogen-bond donors (Lipinski definition) is 0. The molecule has 1 amide bonds. The van der Waals surface area contributed by atoms with Crippen molar-refractivity contribution in [3.63, 3.8) is 0 Å². The molecule has 1 aliphatic rings. The van der Waals surface area contributed by atoms with Gasteiger partial charge in [0.1, 0.15) is 0 Å². The van der Waals surface area contributed by atoms with E-state index in [-0.39, 0.29) is 11.9 Å². The summed E-state index contributed by atoms with van der Waals surface area (Å²) < 4.78 is 10.6. The monoisotopic (exact) mass is 315 g/mol. The number of aryl methyl sites for hydroxylation is 1. The molecule has 23 heavy (non-hydrogen) atoms. The summed E-state index contributed by atoms with van der Waals surface area (Å²) in [5.74, 6) is 1.34. The molecule has 1 saturated heterocycles. The lowest BCUT2D eigenvalue weighted by Gasteiger charge is -2.33. The van der Waals surface area contributed by atoms with E-state index in [1.165, 1.54) is 0 Å². The fourth-order valence-corrected chi connectivity index (χ4v) is 2.69. The normalized spacial score (nSPS) is 18.1. The summed E-state index contributed by atoms with van der Waals surface area (Å²) in [4.78, 5) is 18.5. The summed E-state index contributed by atoms with van der Waals surface area (Å²) in [6.07, 6.45) is 1.82. The Morgan fingerprint density at radius 3 is 2.96 bits per heavy atom. The van der Waals surface area contributed by atoms with Crippen LogP contribution in [0.15, 0.2) is 34.9 Å². The first-order valence-corrected chi connectivity index (χ1v) is 7.99. The maximum absolute atomic E-state index is 12.2. The smallest absolute Gasteiger partial charge is 0.226 e. The van der Waals surface area contributed by atoms with Gasteiger partial charge in [-0.1, -0.05) is 35.5 Å². The Bertz CT molecular complexity index is 642. The van der Waals surface area contributed by atoms with Crippen LogP contribution in [-0.2, 0) is 16.0 Å². The second kappa shape index (κ2) is 7.37. The van der Waals surface area contributed by atoms with Crippen LogP contribution >= 0.6 is 0 Å². The molecule has 3 rings (SSSR count). The fraction of sp³-hybridized carbons (Fsp3) is 0.471. The number of hydrogen-bond acceptors (Lipinski definition) is 5. The van der Waals surface area contributed by atoms with Gasteiger partial charge in [0.2, 0.25) is 17.6 Å². The Labute approximate surface area is 135 Å². The van der Waals surface area contributed by atoms with Crippen LogP contribution in [-0.4, -0.2) is 46.7 Å². The van der Waals surface area contributed by atoms with E-state index < -0.39 is 0 Å². The number of benzene rings is 1. The second-order valence-electron chi connectivity index (χ2n) is 5.74. The molecule has 0 unspecified atom stereocenters. The Hall–Kier alpha value is -2.21. The molecule has 0 aliphatic carbocycles. The van der Waals surface area contributed by atoms with Crippen LogP contribution in [0.5, 0.6) is 0 Å². The van der Waals surface area contributed by atoms with E-state index in [1.54, 1.807) is 0 Å². The Morgan fingerprint density at radius 2 is 2.17 bits per heavy atom. The lowest BCUT2D eigenvalue weighted by atomic mass is 10.2. The molecule has 0 bridgehead atoms. The molecule has 6 heteroatoms. The van der Waals surface area contributed by atoms with Gasteiger partial charge in [0.15, 0.2) is 0 Å². The highest BCUT2D eigenvalue weighted by atomic mass is 16.5. The van der Waals surface area contributed by atoms with Crippen LogP contribution in [0.25, 0.3) is 11.4 Å². The molecule has 1 aromatic carbocycles. The summed E-state index contributed by atoms with van der Waals surface area (Å²) >= 11 is 0. The molecule has 2 aromatic rings. The minimum absolute atomic E-state index is 0.157. The van der Waals surface area contributed by atoms with E-state index in [9.17, 15) is 4.79 Å². The Kier molecular flexibility index (Phi) is 5.02. The van der Waals surface area contributed by atoms with Crippen LogP contribution in [0, 0.1) is 0 Å². The molecule has 6 nitrogen and oxygen atoms in total. The summed E-state index contributed by atoms with van der Waals surface area (Å²) in [6.45, 7) is 3.94. The molecule has 1 fully saturated rings. The SMILES string of the molecule is C[C@@H]1COCCN1C(=O)CCCc1nc(-c2ccccc2)no1. The first-order valence-electron chi connectivity index (χ1n) is 7.99. The van der Waals surface area contributed by atoms with E-state index in [2.05, 4.69) is 10.1 Å². The minimum Gasteiger partial charge on any atom is -0.377 e. The third-order valence-corrected chi connectivity index (χ3v) is 3.97. The van der Waals surface area contributed by atoms with E-state index >= 15 is 0 Å². The van der Waals surface area contributed by atoms with Crippen molar-refractivity contribution in [2.75, 3.05) is 19.8 Å². The van der Waals surface area contributed by atoms with Crippen LogP contribution in [0.3, 0.4) is 0 Å². The van der Waals surface area contributed by atoms with Crippen molar-refractivity contribution in [1.82, 2.24) is 15.0 Å². The second-order valence-corrected chi connectivity index (χ2v) is 5.74. The highest BCUT2D eigenvalue weighted by Crippen LogP contribution is 2.16. The summed E-state index contributed by atoms with van der Waals surface area (Å²) in [5, 5.41) is 3.99. The number of ether oxygens (including phenoxy) is 1. The first-order chi connectivity index (χ1) is 11.2. The third-order valence-electron chi connectivity index (χ3n) is 3.97. The lowest BCUT2D eigenvalue weighted by molar-refractivity contribution is -0.139. The van der Waals surface area contributed by atoms with Gasteiger partial charge in [-0.3, -0.25) is 4.79 Å². The molecule has 122 valence electrons. The molecule has 1 aliphatic heterocycles. The summed E-state index contributed by atoms with van der Waals surface area (Å²) in [6, 6.07) is 9.86. The highest BCUT2D eigenvalue weighted by molar-refractivity contribution is 5.76. The van der Waals surface area contributed by atoms with Crippen molar-refractivity contribution >= 4 is 5.91 Å². The van der Waals surface area contributed by atoms with E-state index in [0.29, 0.717) is 50.7 Å². The molecular formula is C17H21N3O3. The van der Waals surface area contributed by atoms with Crippen LogP contribution in [0.4, 0.5) is 0 Å². The van der Waals surface area contributed by atoms with Gasteiger partial charge >= 0.3 is 0 Å². The van der Waals surface area contributed by atoms with Gasteiger partial charge in [-0.25, -0.2) is 0 Å². The van der Waals surface area contributed by atoms with Gasteiger partial charge in [-0.15, -0.1) is 0 Å². The maximum Gasteiger partial charge on any atom is 0.226 e. The average Bonchev–Trinajstić information content (AvgIpc) is 3.05. The number of carbonyl (C=O) groups excluding carboxylic acids is 1. The van der Waals surface area contributed by atoms with Crippen LogP contribution in [0.2, 0.25) is 0 Å². The highest BCUT2D eigenvalue weighted by Gasteiger charge is 2.23. The predicted octanol–water partition coefficient (Wildman–Crippen LogP) is 2.31. The van der Waals surface area contributed by atoms with Gasteiger partial charge < -0.3 is 14.2 Å². The average molecular weight is 315 g/mol. The molecule has 1 atom stereocenters. The minimum atomic E-state index is 0.157. The van der Waals surface area contributed by atoms with Gasteiger partial charge in [0.25, 0.3) is 0 Å². The topological polar surface area (TPSA) is 68.5 Å². The van der Waals surface area contributed by atoms with Gasteiger partial charge in [0.05, 0.1) is 19.3 Å². The first kappa shape index (κ1) is 15.7. The van der Waals surface area contributed by atoms with Crippen molar-refractivity contribution < 1.29 is 14.1 Å². The third kappa shape index (κ3) is 3.96. The Morgan fingerprint density at radius 1 is 1.35 bits per heavy atom. The van der Waals surface area contributed by atoms with Crippen molar-refractivity contribution in [3.8, 4) is 11.4 Å². The molecule has 0 spiro atoms. The van der Waals surface area contributed by atoms with Gasteiger partial charge in [-0.2, -0.15) is 4.98 Å². The number of rotatable bonds is 5. The van der Waals surface area contributed by atoms with Crippen molar-refractivity contribution in [2.45, 2.75) is 32.2 Å². The predicted molar refractivity (Wildman–Crippen MR) is 84.7 cm³/mol. The molecule has 0 saturated carbocycles. The molecule has 0 radical (unpaired) electrons. The lowest BCUT2D eigenvalue weighted by Crippen LogP contribution is -2.47. The Balaban J connectivity index is 1.49. The van der Waals surface area contributed by atoms with Crippen LogP contribution in [0.1, 0.15) is 25.7 Å². The van der Waals surface area contributed by atoms with Gasteiger partial charge in [0, 0.05) is 24.9 Å². The number of amides is 1.